The predicted molar refractivity (Wildman–Crippen MR) is 88.5 cm³/mol. The molecule has 2 heterocycles. The molecule has 3 aromatic rings. The second-order valence-corrected chi connectivity index (χ2v) is 5.14. The smallest absolute Gasteiger partial charge is 0.349 e. The van der Waals surface area contributed by atoms with E-state index in [4.69, 9.17) is 9.47 Å². The number of nitrogens with zero attached hydrogens (tertiary/aromatic N) is 2. The van der Waals surface area contributed by atoms with E-state index in [9.17, 15) is 19.5 Å². The average molecular weight is 342 g/mol. The highest BCUT2D eigenvalue weighted by molar-refractivity contribution is 5.96. The number of esters is 1. The third kappa shape index (κ3) is 2.57. The number of carbonyl (C=O) groups excluding carboxylic acids is 2. The molecule has 0 radical (unpaired) electrons. The molecule has 0 atom stereocenters. The summed E-state index contributed by atoms with van der Waals surface area (Å²) in [6, 6.07) is 6.46. The number of hydrogen-bond acceptors (Lipinski definition) is 7. The Kier molecular flexibility index (Phi) is 4.10. The summed E-state index contributed by atoms with van der Waals surface area (Å²) in [5.41, 5.74) is -1.01. The van der Waals surface area contributed by atoms with Gasteiger partial charge < -0.3 is 14.6 Å². The fourth-order valence-corrected chi connectivity index (χ4v) is 2.59. The highest BCUT2D eigenvalue weighted by Crippen LogP contribution is 2.24. The number of fused-ring (bicyclic) bond motifs is 3. The van der Waals surface area contributed by atoms with Gasteiger partial charge >= 0.3 is 5.97 Å². The van der Waals surface area contributed by atoms with Crippen LogP contribution in [-0.4, -0.2) is 40.5 Å². The van der Waals surface area contributed by atoms with Gasteiger partial charge in [0.25, 0.3) is 5.56 Å². The maximum atomic E-state index is 12.9. The summed E-state index contributed by atoms with van der Waals surface area (Å²) in [7, 11) is 1.47. The number of ether oxygens (including phenoxy) is 2. The van der Waals surface area contributed by atoms with Crippen molar-refractivity contribution in [2.24, 2.45) is 0 Å². The van der Waals surface area contributed by atoms with E-state index in [1.165, 1.54) is 13.2 Å². The zero-order chi connectivity index (χ0) is 18.1. The minimum Gasteiger partial charge on any atom is -0.497 e. The number of pyridine rings is 1. The standard InChI is InChI=1S/C17H14N2O6/c1-3-25-17(23)13-15(21)18-14-10(8-20)6-9-4-5-11(24-2)7-12(9)19(14)16(13)22/h4-8,21H,3H2,1-2H3. The van der Waals surface area contributed by atoms with E-state index in [1.54, 1.807) is 25.1 Å². The van der Waals surface area contributed by atoms with E-state index in [0.717, 1.165) is 4.40 Å². The molecule has 8 heteroatoms. The van der Waals surface area contributed by atoms with Crippen LogP contribution in [0.5, 0.6) is 11.6 Å². The summed E-state index contributed by atoms with van der Waals surface area (Å²) in [5, 5.41) is 10.6. The number of rotatable bonds is 4. The summed E-state index contributed by atoms with van der Waals surface area (Å²) < 4.78 is 11.1. The molecule has 1 N–H and O–H groups in total. The van der Waals surface area contributed by atoms with Crippen LogP contribution in [0.2, 0.25) is 0 Å². The van der Waals surface area contributed by atoms with Crippen molar-refractivity contribution >= 4 is 28.8 Å². The molecule has 128 valence electrons. The first-order valence-electron chi connectivity index (χ1n) is 7.40. The predicted octanol–water partition coefficient (Wildman–Crippen LogP) is 1.55. The monoisotopic (exact) mass is 342 g/mol. The molecule has 0 saturated carbocycles. The van der Waals surface area contributed by atoms with Crippen molar-refractivity contribution in [3.05, 3.63) is 45.7 Å². The molecule has 0 aliphatic carbocycles. The summed E-state index contributed by atoms with van der Waals surface area (Å²) in [6.07, 6.45) is 0.523. The zero-order valence-corrected chi connectivity index (χ0v) is 13.5. The molecule has 25 heavy (non-hydrogen) atoms. The second kappa shape index (κ2) is 6.23. The third-order valence-electron chi connectivity index (χ3n) is 3.72. The Morgan fingerprint density at radius 1 is 1.36 bits per heavy atom. The second-order valence-electron chi connectivity index (χ2n) is 5.14. The molecule has 0 aliphatic rings. The normalized spacial score (nSPS) is 10.8. The number of benzene rings is 1. The van der Waals surface area contributed by atoms with Crippen molar-refractivity contribution < 1.29 is 24.2 Å². The van der Waals surface area contributed by atoms with Gasteiger partial charge in [-0.25, -0.2) is 4.79 Å². The van der Waals surface area contributed by atoms with Crippen molar-refractivity contribution in [3.63, 3.8) is 0 Å². The molecule has 3 rings (SSSR count). The fraction of sp³-hybridized carbons (Fsp3) is 0.176. The number of methoxy groups -OCH3 is 1. The number of aromatic hydroxyl groups is 1. The first-order valence-corrected chi connectivity index (χ1v) is 7.40. The van der Waals surface area contributed by atoms with Crippen molar-refractivity contribution in [2.75, 3.05) is 13.7 Å². The molecular formula is C17H14N2O6. The van der Waals surface area contributed by atoms with E-state index in [1.807, 2.05) is 0 Å². The van der Waals surface area contributed by atoms with E-state index < -0.39 is 23.0 Å². The first kappa shape index (κ1) is 16.4. The molecule has 0 bridgehead atoms. The lowest BCUT2D eigenvalue weighted by Crippen LogP contribution is -2.25. The summed E-state index contributed by atoms with van der Waals surface area (Å²) in [6.45, 7) is 1.61. The SMILES string of the molecule is CCOC(=O)c1c(O)nc2c(C=O)cc3ccc(OC)cc3n2c1=O. The zero-order valence-electron chi connectivity index (χ0n) is 13.5. The highest BCUT2D eigenvalue weighted by atomic mass is 16.5. The van der Waals surface area contributed by atoms with Crippen LogP contribution in [0.25, 0.3) is 16.6 Å². The van der Waals surface area contributed by atoms with Crippen LogP contribution in [0, 0.1) is 0 Å². The topological polar surface area (TPSA) is 107 Å². The van der Waals surface area contributed by atoms with Gasteiger partial charge in [0.2, 0.25) is 5.88 Å². The van der Waals surface area contributed by atoms with Crippen LogP contribution < -0.4 is 10.3 Å². The molecule has 0 amide bonds. The quantitative estimate of drug-likeness (QED) is 0.435. The number of hydrogen-bond donors (Lipinski definition) is 1. The van der Waals surface area contributed by atoms with Crippen molar-refractivity contribution in [3.8, 4) is 11.6 Å². The van der Waals surface area contributed by atoms with Crippen LogP contribution in [0.1, 0.15) is 27.6 Å². The van der Waals surface area contributed by atoms with Gasteiger partial charge in [0.15, 0.2) is 17.5 Å². The molecule has 0 saturated heterocycles. The summed E-state index contributed by atoms with van der Waals surface area (Å²) in [4.78, 5) is 40.1. The van der Waals surface area contributed by atoms with Gasteiger partial charge in [-0.3, -0.25) is 14.0 Å². The van der Waals surface area contributed by atoms with Gasteiger partial charge in [-0.15, -0.1) is 0 Å². The van der Waals surface area contributed by atoms with Gasteiger partial charge in [-0.05, 0) is 30.5 Å². The number of aldehydes is 1. The molecule has 0 unspecified atom stereocenters. The maximum absolute atomic E-state index is 12.9. The van der Waals surface area contributed by atoms with Gasteiger partial charge in [0, 0.05) is 6.07 Å². The minimum absolute atomic E-state index is 0.0311. The molecule has 0 fully saturated rings. The fourth-order valence-electron chi connectivity index (χ4n) is 2.59. The summed E-state index contributed by atoms with van der Waals surface area (Å²) in [5.74, 6) is -1.29. The largest absolute Gasteiger partial charge is 0.497 e. The van der Waals surface area contributed by atoms with E-state index in [0.29, 0.717) is 22.9 Å². The van der Waals surface area contributed by atoms with Crippen LogP contribution >= 0.6 is 0 Å². The first-order chi connectivity index (χ1) is 12.0. The lowest BCUT2D eigenvalue weighted by atomic mass is 10.1. The molecule has 2 aromatic heterocycles. The summed E-state index contributed by atoms with van der Waals surface area (Å²) >= 11 is 0. The molecule has 0 spiro atoms. The molecular weight excluding hydrogens is 328 g/mol. The molecule has 1 aromatic carbocycles. The Morgan fingerprint density at radius 3 is 2.76 bits per heavy atom. The lowest BCUT2D eigenvalue weighted by molar-refractivity contribution is 0.0519. The number of carbonyl (C=O) groups is 2. The number of aromatic nitrogens is 2. The van der Waals surface area contributed by atoms with Crippen molar-refractivity contribution in [2.45, 2.75) is 6.92 Å². The van der Waals surface area contributed by atoms with E-state index in [-0.39, 0.29) is 17.8 Å². The van der Waals surface area contributed by atoms with Crippen molar-refractivity contribution in [1.29, 1.82) is 0 Å². The van der Waals surface area contributed by atoms with E-state index >= 15 is 0 Å². The lowest BCUT2D eigenvalue weighted by Gasteiger charge is -2.11. The van der Waals surface area contributed by atoms with Crippen LogP contribution in [-0.2, 0) is 4.74 Å². The van der Waals surface area contributed by atoms with E-state index in [2.05, 4.69) is 4.98 Å². The Balaban J connectivity index is 2.53. The third-order valence-corrected chi connectivity index (χ3v) is 3.72. The average Bonchev–Trinajstić information content (AvgIpc) is 2.60. The minimum atomic E-state index is -0.987. The van der Waals surface area contributed by atoms with Gasteiger partial charge in [0.1, 0.15) is 5.75 Å². The van der Waals surface area contributed by atoms with Gasteiger partial charge in [-0.1, -0.05) is 0 Å². The van der Waals surface area contributed by atoms with Crippen LogP contribution in [0.15, 0.2) is 29.1 Å². The molecule has 8 nitrogen and oxygen atoms in total. The Bertz CT molecular complexity index is 1070. The Morgan fingerprint density at radius 2 is 2.12 bits per heavy atom. The maximum Gasteiger partial charge on any atom is 0.349 e. The van der Waals surface area contributed by atoms with Gasteiger partial charge in [0.05, 0.1) is 24.8 Å². The van der Waals surface area contributed by atoms with Crippen molar-refractivity contribution in [1.82, 2.24) is 9.38 Å². The van der Waals surface area contributed by atoms with Crippen LogP contribution in [0.4, 0.5) is 0 Å². The Hall–Kier alpha value is -3.42. The van der Waals surface area contributed by atoms with Crippen LogP contribution in [0.3, 0.4) is 0 Å². The highest BCUT2D eigenvalue weighted by Gasteiger charge is 2.23. The Labute approximate surface area is 141 Å². The van der Waals surface area contributed by atoms with Gasteiger partial charge in [-0.2, -0.15) is 4.98 Å². The molecule has 0 aliphatic heterocycles.